The van der Waals surface area contributed by atoms with Crippen molar-refractivity contribution in [2.45, 2.75) is 44.2 Å². The van der Waals surface area contributed by atoms with Gasteiger partial charge in [0.15, 0.2) is 0 Å². The van der Waals surface area contributed by atoms with E-state index in [1.807, 2.05) is 18.0 Å². The lowest BCUT2D eigenvalue weighted by molar-refractivity contribution is 0.623. The van der Waals surface area contributed by atoms with E-state index in [1.165, 1.54) is 42.0 Å². The maximum Gasteiger partial charge on any atom is 0.0960 e. The van der Waals surface area contributed by atoms with Gasteiger partial charge >= 0.3 is 0 Å². The first-order valence-corrected chi connectivity index (χ1v) is 7.65. The van der Waals surface area contributed by atoms with Gasteiger partial charge in [-0.1, -0.05) is 25.8 Å². The van der Waals surface area contributed by atoms with Gasteiger partial charge in [-0.15, -0.1) is 11.8 Å². The van der Waals surface area contributed by atoms with E-state index >= 15 is 0 Å². The van der Waals surface area contributed by atoms with Crippen molar-refractivity contribution in [3.63, 3.8) is 0 Å². The van der Waals surface area contributed by atoms with Gasteiger partial charge < -0.3 is 5.32 Å². The first kappa shape index (κ1) is 12.9. The summed E-state index contributed by atoms with van der Waals surface area (Å²) < 4.78 is 0. The van der Waals surface area contributed by atoms with Crippen LogP contribution >= 0.6 is 11.8 Å². The minimum atomic E-state index is 0.928. The molecule has 0 spiro atoms. The molecule has 0 aromatic carbocycles. The second-order valence-corrected chi connectivity index (χ2v) is 5.79. The van der Waals surface area contributed by atoms with Crippen LogP contribution in [0, 0.1) is 5.92 Å². The second kappa shape index (κ2) is 7.02. The van der Waals surface area contributed by atoms with Crippen molar-refractivity contribution in [2.24, 2.45) is 5.92 Å². The molecule has 1 aromatic heterocycles. The van der Waals surface area contributed by atoms with Crippen molar-refractivity contribution >= 4 is 11.8 Å². The van der Waals surface area contributed by atoms with Crippen LogP contribution in [0.1, 0.15) is 38.2 Å². The SMILES string of the molecule is CCNCc1ccc(SCC2CCCC2)nc1. The summed E-state index contributed by atoms with van der Waals surface area (Å²) in [6, 6.07) is 4.35. The normalized spacial score (nSPS) is 16.5. The van der Waals surface area contributed by atoms with Gasteiger partial charge in [0.1, 0.15) is 0 Å². The van der Waals surface area contributed by atoms with E-state index in [0.717, 1.165) is 19.0 Å². The van der Waals surface area contributed by atoms with Crippen LogP contribution in [0.25, 0.3) is 0 Å². The first-order valence-electron chi connectivity index (χ1n) is 6.67. The van der Waals surface area contributed by atoms with Crippen LogP contribution in [-0.2, 0) is 6.54 Å². The Hall–Kier alpha value is -0.540. The number of aromatic nitrogens is 1. The summed E-state index contributed by atoms with van der Waals surface area (Å²) in [6.07, 6.45) is 7.71. The van der Waals surface area contributed by atoms with Crippen LogP contribution in [0.4, 0.5) is 0 Å². The summed E-state index contributed by atoms with van der Waals surface area (Å²) in [4.78, 5) is 4.52. The highest BCUT2D eigenvalue weighted by Gasteiger charge is 2.15. The maximum absolute atomic E-state index is 4.52. The van der Waals surface area contributed by atoms with Crippen LogP contribution in [0.15, 0.2) is 23.4 Å². The number of hydrogen-bond donors (Lipinski definition) is 1. The first-order chi connectivity index (χ1) is 8.38. The molecule has 0 unspecified atom stereocenters. The molecular weight excluding hydrogens is 228 g/mol. The summed E-state index contributed by atoms with van der Waals surface area (Å²) in [5.74, 6) is 2.18. The summed E-state index contributed by atoms with van der Waals surface area (Å²) >= 11 is 1.92. The third-order valence-corrected chi connectivity index (χ3v) is 4.49. The highest BCUT2D eigenvalue weighted by atomic mass is 32.2. The number of nitrogens with one attached hydrogen (secondary N) is 1. The van der Waals surface area contributed by atoms with Gasteiger partial charge in [0.05, 0.1) is 5.03 Å². The molecular formula is C14H22N2S. The Morgan fingerprint density at radius 2 is 2.18 bits per heavy atom. The van der Waals surface area contributed by atoms with Gasteiger partial charge in [0, 0.05) is 18.5 Å². The zero-order chi connectivity index (χ0) is 11.9. The Morgan fingerprint density at radius 1 is 1.35 bits per heavy atom. The van der Waals surface area contributed by atoms with Crippen molar-refractivity contribution in [3.8, 4) is 0 Å². The van der Waals surface area contributed by atoms with E-state index in [2.05, 4.69) is 29.4 Å². The molecule has 1 aromatic rings. The maximum atomic E-state index is 4.52. The fourth-order valence-electron chi connectivity index (χ4n) is 2.25. The van der Waals surface area contributed by atoms with Crippen LogP contribution in [0.3, 0.4) is 0 Å². The quantitative estimate of drug-likeness (QED) is 0.783. The molecule has 0 bridgehead atoms. The van der Waals surface area contributed by atoms with E-state index in [-0.39, 0.29) is 0 Å². The highest BCUT2D eigenvalue weighted by molar-refractivity contribution is 7.99. The van der Waals surface area contributed by atoms with Crippen molar-refractivity contribution in [1.82, 2.24) is 10.3 Å². The molecule has 17 heavy (non-hydrogen) atoms. The zero-order valence-electron chi connectivity index (χ0n) is 10.6. The summed E-state index contributed by atoms with van der Waals surface area (Å²) in [5.41, 5.74) is 1.28. The standard InChI is InChI=1S/C14H22N2S/c1-2-15-9-13-7-8-14(16-10-13)17-11-12-5-3-4-6-12/h7-8,10,12,15H,2-6,9,11H2,1H3. The minimum absolute atomic E-state index is 0.928. The van der Waals surface area contributed by atoms with E-state index in [1.54, 1.807) is 0 Å². The van der Waals surface area contributed by atoms with Crippen molar-refractivity contribution in [2.75, 3.05) is 12.3 Å². The summed E-state index contributed by atoms with van der Waals surface area (Å²) in [6.45, 7) is 4.06. The molecule has 0 saturated heterocycles. The predicted molar refractivity (Wildman–Crippen MR) is 74.3 cm³/mol. The largest absolute Gasteiger partial charge is 0.313 e. The third-order valence-electron chi connectivity index (χ3n) is 3.32. The van der Waals surface area contributed by atoms with Gasteiger partial charge in [0.25, 0.3) is 0 Å². The molecule has 2 rings (SSSR count). The average Bonchev–Trinajstić information content (AvgIpc) is 2.88. The van der Waals surface area contributed by atoms with Crippen LogP contribution in [0.5, 0.6) is 0 Å². The molecule has 1 saturated carbocycles. The lowest BCUT2D eigenvalue weighted by atomic mass is 10.1. The van der Waals surface area contributed by atoms with E-state index < -0.39 is 0 Å². The molecule has 1 heterocycles. The van der Waals surface area contributed by atoms with E-state index in [0.29, 0.717) is 0 Å². The molecule has 3 heteroatoms. The van der Waals surface area contributed by atoms with Crippen LogP contribution < -0.4 is 5.32 Å². The van der Waals surface area contributed by atoms with Gasteiger partial charge in [-0.3, -0.25) is 0 Å². The number of nitrogens with zero attached hydrogens (tertiary/aromatic N) is 1. The number of thioether (sulfide) groups is 1. The van der Waals surface area contributed by atoms with Crippen molar-refractivity contribution in [3.05, 3.63) is 23.9 Å². The Bertz CT molecular complexity index is 317. The van der Waals surface area contributed by atoms with Crippen LogP contribution in [0.2, 0.25) is 0 Å². The molecule has 0 radical (unpaired) electrons. The zero-order valence-corrected chi connectivity index (χ0v) is 11.4. The molecule has 0 aliphatic heterocycles. The second-order valence-electron chi connectivity index (χ2n) is 4.75. The lowest BCUT2D eigenvalue weighted by Gasteiger charge is -2.08. The number of pyridine rings is 1. The van der Waals surface area contributed by atoms with E-state index in [9.17, 15) is 0 Å². The third kappa shape index (κ3) is 4.32. The number of rotatable bonds is 6. The molecule has 94 valence electrons. The Kier molecular flexibility index (Phi) is 5.33. The number of hydrogen-bond acceptors (Lipinski definition) is 3. The fraction of sp³-hybridized carbons (Fsp3) is 0.643. The van der Waals surface area contributed by atoms with Gasteiger partial charge in [0.2, 0.25) is 0 Å². The molecule has 1 aliphatic carbocycles. The summed E-state index contributed by atoms with van der Waals surface area (Å²) in [7, 11) is 0. The molecule has 1 fully saturated rings. The Labute approximate surface area is 109 Å². The highest BCUT2D eigenvalue weighted by Crippen LogP contribution is 2.30. The molecule has 0 amide bonds. The molecule has 1 N–H and O–H groups in total. The van der Waals surface area contributed by atoms with Crippen molar-refractivity contribution in [1.29, 1.82) is 0 Å². The smallest absolute Gasteiger partial charge is 0.0960 e. The monoisotopic (exact) mass is 250 g/mol. The Balaban J connectivity index is 1.76. The summed E-state index contributed by atoms with van der Waals surface area (Å²) in [5, 5.41) is 4.49. The van der Waals surface area contributed by atoms with Gasteiger partial charge in [-0.05, 0) is 36.9 Å². The Morgan fingerprint density at radius 3 is 2.82 bits per heavy atom. The van der Waals surface area contributed by atoms with E-state index in [4.69, 9.17) is 0 Å². The minimum Gasteiger partial charge on any atom is -0.313 e. The molecule has 2 nitrogen and oxygen atoms in total. The molecule has 1 aliphatic rings. The molecule has 0 atom stereocenters. The van der Waals surface area contributed by atoms with Crippen molar-refractivity contribution < 1.29 is 0 Å². The van der Waals surface area contributed by atoms with Crippen LogP contribution in [-0.4, -0.2) is 17.3 Å². The topological polar surface area (TPSA) is 24.9 Å². The van der Waals surface area contributed by atoms with Gasteiger partial charge in [-0.2, -0.15) is 0 Å². The van der Waals surface area contributed by atoms with Gasteiger partial charge in [-0.25, -0.2) is 4.98 Å². The fourth-order valence-corrected chi connectivity index (χ4v) is 3.28. The average molecular weight is 250 g/mol. The lowest BCUT2D eigenvalue weighted by Crippen LogP contribution is -2.11. The predicted octanol–water partition coefficient (Wildman–Crippen LogP) is 3.47.